The fraction of sp³-hybridized carbons (Fsp3) is 0.682. The van der Waals surface area contributed by atoms with Crippen molar-refractivity contribution in [2.24, 2.45) is 0 Å². The van der Waals surface area contributed by atoms with Gasteiger partial charge >= 0.3 is 5.97 Å². The van der Waals surface area contributed by atoms with Crippen LogP contribution in [0.4, 0.5) is 0 Å². The number of unbranched alkanes of at least 4 members (excludes halogenated alkanes) is 6. The number of hydrogen-bond acceptors (Lipinski definition) is 3. The van der Waals surface area contributed by atoms with Crippen molar-refractivity contribution in [1.82, 2.24) is 0 Å². The molecule has 0 unspecified atom stereocenters. The predicted molar refractivity (Wildman–Crippen MR) is 106 cm³/mol. The maximum absolute atomic E-state index is 10.4. The lowest BCUT2D eigenvalue weighted by Crippen LogP contribution is -2.13. The second-order valence-corrected chi connectivity index (χ2v) is 6.96. The Balaban J connectivity index is 1.99. The molecule has 0 radical (unpaired) electrons. The molecule has 148 valence electrons. The first-order valence-electron chi connectivity index (χ1n) is 10.2. The van der Waals surface area contributed by atoms with Crippen molar-refractivity contribution in [3.8, 4) is 0 Å². The van der Waals surface area contributed by atoms with Crippen LogP contribution in [-0.2, 0) is 9.53 Å². The van der Waals surface area contributed by atoms with E-state index in [0.717, 1.165) is 44.9 Å². The highest BCUT2D eigenvalue weighted by Crippen LogP contribution is 2.29. The van der Waals surface area contributed by atoms with Crippen molar-refractivity contribution < 1.29 is 19.7 Å². The van der Waals surface area contributed by atoms with Crippen LogP contribution in [0.5, 0.6) is 0 Å². The number of hydrogen-bond donors (Lipinski definition) is 2. The molecule has 1 rings (SSSR count). The highest BCUT2D eigenvalue weighted by Gasteiger charge is 2.42. The zero-order chi connectivity index (χ0) is 19.0. The normalized spacial score (nSPS) is 21.2. The first-order chi connectivity index (χ1) is 12.6. The van der Waals surface area contributed by atoms with Crippen LogP contribution in [0, 0.1) is 0 Å². The van der Waals surface area contributed by atoms with Crippen LogP contribution in [0.15, 0.2) is 36.5 Å². The molecular formula is C22H36O4. The van der Waals surface area contributed by atoms with E-state index >= 15 is 0 Å². The number of aliphatic carboxylic acids is 1. The maximum atomic E-state index is 10.4. The zero-order valence-corrected chi connectivity index (χ0v) is 16.2. The third-order valence-electron chi connectivity index (χ3n) is 4.50. The van der Waals surface area contributed by atoms with Gasteiger partial charge in [-0.2, -0.15) is 0 Å². The molecule has 4 heteroatoms. The summed E-state index contributed by atoms with van der Waals surface area (Å²) >= 11 is 0. The van der Waals surface area contributed by atoms with Crippen LogP contribution in [-0.4, -0.2) is 34.5 Å². The molecule has 0 aromatic heterocycles. The van der Waals surface area contributed by atoms with Gasteiger partial charge in [0, 0.05) is 6.42 Å². The molecule has 1 heterocycles. The molecule has 0 aromatic carbocycles. The van der Waals surface area contributed by atoms with Crippen LogP contribution in [0.3, 0.4) is 0 Å². The molecule has 1 aliphatic rings. The molecule has 1 aliphatic heterocycles. The predicted octanol–water partition coefficient (Wildman–Crippen LogP) is 5.18. The highest BCUT2D eigenvalue weighted by atomic mass is 16.6. The number of allylic oxidation sites excluding steroid dienone is 4. The molecular weight excluding hydrogens is 328 g/mol. The van der Waals surface area contributed by atoms with E-state index in [1.807, 2.05) is 12.2 Å². The Morgan fingerprint density at radius 1 is 1.00 bits per heavy atom. The number of carboxylic acid groups (broad SMARTS) is 1. The molecule has 1 fully saturated rings. The summed E-state index contributed by atoms with van der Waals surface area (Å²) in [5, 5.41) is 18.6. The summed E-state index contributed by atoms with van der Waals surface area (Å²) in [7, 11) is 0. The average Bonchev–Trinajstić information content (AvgIpc) is 3.39. The van der Waals surface area contributed by atoms with Crippen LogP contribution >= 0.6 is 0 Å². The van der Waals surface area contributed by atoms with Gasteiger partial charge in [-0.05, 0) is 44.9 Å². The highest BCUT2D eigenvalue weighted by molar-refractivity contribution is 5.66. The van der Waals surface area contributed by atoms with Gasteiger partial charge < -0.3 is 14.9 Å². The monoisotopic (exact) mass is 364 g/mol. The number of epoxide rings is 1. The minimum absolute atomic E-state index is 0.0512. The fourth-order valence-corrected chi connectivity index (χ4v) is 2.84. The number of ether oxygens (including phenoxy) is 1. The Labute approximate surface area is 158 Å². The van der Waals surface area contributed by atoms with E-state index in [9.17, 15) is 9.90 Å². The van der Waals surface area contributed by atoms with Crippen molar-refractivity contribution >= 4 is 5.97 Å². The summed E-state index contributed by atoms with van der Waals surface area (Å²) in [5.41, 5.74) is 0. The van der Waals surface area contributed by atoms with Crippen molar-refractivity contribution in [3.05, 3.63) is 36.5 Å². The summed E-state index contributed by atoms with van der Waals surface area (Å²) < 4.78 is 5.54. The van der Waals surface area contributed by atoms with Crippen LogP contribution < -0.4 is 0 Å². The van der Waals surface area contributed by atoms with Crippen molar-refractivity contribution in [1.29, 1.82) is 0 Å². The number of aliphatic hydroxyl groups is 1. The summed E-state index contributed by atoms with van der Waals surface area (Å²) in [6.45, 7) is 2.21. The second kappa shape index (κ2) is 14.7. The number of carbonyl (C=O) groups is 1. The van der Waals surface area contributed by atoms with Gasteiger partial charge in [0.15, 0.2) is 0 Å². The van der Waals surface area contributed by atoms with Crippen molar-refractivity contribution in [3.63, 3.8) is 0 Å². The Kier molecular flexibility index (Phi) is 12.8. The van der Waals surface area contributed by atoms with E-state index in [-0.39, 0.29) is 18.6 Å². The number of carboxylic acids is 1. The molecule has 0 aliphatic carbocycles. The molecule has 0 aromatic rings. The van der Waals surface area contributed by atoms with Gasteiger partial charge in [0.25, 0.3) is 0 Å². The molecule has 0 spiro atoms. The fourth-order valence-electron chi connectivity index (χ4n) is 2.84. The lowest BCUT2D eigenvalue weighted by atomic mass is 10.1. The Morgan fingerprint density at radius 3 is 2.46 bits per heavy atom. The smallest absolute Gasteiger partial charge is 0.303 e. The van der Waals surface area contributed by atoms with Crippen LogP contribution in [0.25, 0.3) is 0 Å². The van der Waals surface area contributed by atoms with Gasteiger partial charge in [-0.15, -0.1) is 0 Å². The molecule has 2 N–H and O–H groups in total. The van der Waals surface area contributed by atoms with E-state index in [1.54, 1.807) is 0 Å². The van der Waals surface area contributed by atoms with E-state index < -0.39 is 12.1 Å². The standard InChI is InChI=1S/C22H36O4/c1-2-3-4-5-11-14-17-20-22(26-20)19(23)16-13-10-8-6-7-9-12-15-18-21(24)25/h6,8,11,13-14,16,19-20,22-23H,2-5,7,9-10,12,15,17-18H2,1H3,(H,24,25)/b8-6-,14-11-,16-13-/t19-,20+,22+/m1/s1. The van der Waals surface area contributed by atoms with E-state index in [2.05, 4.69) is 31.2 Å². The molecule has 0 saturated carbocycles. The summed E-state index contributed by atoms with van der Waals surface area (Å²) in [6, 6.07) is 0. The maximum Gasteiger partial charge on any atom is 0.303 e. The van der Waals surface area contributed by atoms with Crippen molar-refractivity contribution in [2.45, 2.75) is 95.9 Å². The van der Waals surface area contributed by atoms with Crippen LogP contribution in [0.1, 0.15) is 77.6 Å². The Morgan fingerprint density at radius 2 is 1.73 bits per heavy atom. The molecule has 0 amide bonds. The summed E-state index contributed by atoms with van der Waals surface area (Å²) in [6.07, 6.45) is 22.6. The molecule has 26 heavy (non-hydrogen) atoms. The SMILES string of the molecule is CCCCC/C=C\C[C@@H]1O[C@H]1[C@H](O)/C=C\C/C=C\CCCCCC(=O)O. The molecule has 4 nitrogen and oxygen atoms in total. The zero-order valence-electron chi connectivity index (χ0n) is 16.2. The lowest BCUT2D eigenvalue weighted by molar-refractivity contribution is -0.137. The van der Waals surface area contributed by atoms with Crippen molar-refractivity contribution in [2.75, 3.05) is 0 Å². The Hall–Kier alpha value is -1.39. The largest absolute Gasteiger partial charge is 0.481 e. The minimum Gasteiger partial charge on any atom is -0.481 e. The van der Waals surface area contributed by atoms with Gasteiger partial charge in [0.2, 0.25) is 0 Å². The number of aliphatic hydroxyl groups excluding tert-OH is 1. The third kappa shape index (κ3) is 12.0. The lowest BCUT2D eigenvalue weighted by Gasteiger charge is -1.99. The average molecular weight is 365 g/mol. The minimum atomic E-state index is -0.714. The topological polar surface area (TPSA) is 70.1 Å². The molecule has 3 atom stereocenters. The summed E-state index contributed by atoms with van der Waals surface area (Å²) in [5.74, 6) is -0.714. The second-order valence-electron chi connectivity index (χ2n) is 6.96. The van der Waals surface area contributed by atoms with Crippen LogP contribution in [0.2, 0.25) is 0 Å². The molecule has 1 saturated heterocycles. The van der Waals surface area contributed by atoms with Gasteiger partial charge in [0.05, 0.1) is 6.10 Å². The van der Waals surface area contributed by atoms with E-state index in [0.29, 0.717) is 0 Å². The number of rotatable bonds is 16. The van der Waals surface area contributed by atoms with Gasteiger partial charge in [-0.1, -0.05) is 62.6 Å². The summed E-state index contributed by atoms with van der Waals surface area (Å²) in [4.78, 5) is 10.4. The van der Waals surface area contributed by atoms with Gasteiger partial charge in [0.1, 0.15) is 12.2 Å². The van der Waals surface area contributed by atoms with E-state index in [1.165, 1.54) is 19.3 Å². The van der Waals surface area contributed by atoms with Gasteiger partial charge in [-0.3, -0.25) is 4.79 Å². The third-order valence-corrected chi connectivity index (χ3v) is 4.50. The quantitative estimate of drug-likeness (QED) is 0.225. The Bertz CT molecular complexity index is 453. The first-order valence-corrected chi connectivity index (χ1v) is 10.2. The van der Waals surface area contributed by atoms with E-state index in [4.69, 9.17) is 9.84 Å². The first kappa shape index (κ1) is 22.7. The van der Waals surface area contributed by atoms with Gasteiger partial charge in [-0.25, -0.2) is 0 Å². The molecule has 0 bridgehead atoms.